The average molecular weight is 336 g/mol. The molecule has 0 atom stereocenters. The van der Waals surface area contributed by atoms with E-state index in [1.54, 1.807) is 13.8 Å². The molecule has 8 heteroatoms. The number of amides is 1. The summed E-state index contributed by atoms with van der Waals surface area (Å²) in [5.74, 6) is -2.64. The third kappa shape index (κ3) is 3.89. The molecule has 0 aliphatic carbocycles. The van der Waals surface area contributed by atoms with Crippen LogP contribution in [0.2, 0.25) is 0 Å². The van der Waals surface area contributed by atoms with Crippen LogP contribution in [0.4, 0.5) is 15.8 Å². The summed E-state index contributed by atoms with van der Waals surface area (Å²) in [7, 11) is 0. The molecule has 2 rings (SSSR count). The number of carbonyl (C=O) groups excluding carboxylic acids is 3. The highest BCUT2D eigenvalue weighted by atomic mass is 19.1. The molecule has 24 heavy (non-hydrogen) atoms. The predicted octanol–water partition coefficient (Wildman–Crippen LogP) is 1.59. The van der Waals surface area contributed by atoms with Gasteiger partial charge in [0.05, 0.1) is 24.6 Å². The normalized spacial score (nSPS) is 12.8. The topological polar surface area (TPSA) is 84.9 Å². The summed E-state index contributed by atoms with van der Waals surface area (Å²) in [5.41, 5.74) is 0.348. The molecule has 0 radical (unpaired) electrons. The lowest BCUT2D eigenvalue weighted by Crippen LogP contribution is -2.36. The van der Waals surface area contributed by atoms with E-state index in [-0.39, 0.29) is 31.0 Å². The number of hydrogen-bond acceptors (Lipinski definition) is 6. The minimum absolute atomic E-state index is 0.0812. The number of hydrogen-bond donors (Lipinski definition) is 1. The van der Waals surface area contributed by atoms with Crippen LogP contribution in [0.1, 0.15) is 13.8 Å². The van der Waals surface area contributed by atoms with E-state index in [4.69, 9.17) is 9.47 Å². The SMILES string of the molecule is CCOC(=O)C(=CN1CC(=O)Nc2cc(F)ccc21)C(=O)OCC. The van der Waals surface area contributed by atoms with E-state index in [1.807, 2.05) is 0 Å². The fourth-order valence-corrected chi connectivity index (χ4v) is 2.17. The highest BCUT2D eigenvalue weighted by Gasteiger charge is 2.26. The molecule has 0 spiro atoms. The van der Waals surface area contributed by atoms with E-state index in [0.29, 0.717) is 5.69 Å². The van der Waals surface area contributed by atoms with Crippen molar-refractivity contribution in [3.05, 3.63) is 35.8 Å². The quantitative estimate of drug-likeness (QED) is 0.380. The molecule has 0 aromatic heterocycles. The van der Waals surface area contributed by atoms with Gasteiger partial charge in [0.2, 0.25) is 5.91 Å². The number of fused-ring (bicyclic) bond motifs is 1. The standard InChI is InChI=1S/C16H17FN2O5/c1-3-23-15(21)11(16(22)24-4-2)8-19-9-14(20)18-12-7-10(17)5-6-13(12)19/h5-8H,3-4,9H2,1-2H3,(H,18,20). The molecule has 7 nitrogen and oxygen atoms in total. The molecule has 1 aliphatic heterocycles. The van der Waals surface area contributed by atoms with Gasteiger partial charge in [-0.25, -0.2) is 14.0 Å². The molecule has 1 N–H and O–H groups in total. The predicted molar refractivity (Wildman–Crippen MR) is 83.7 cm³/mol. The maximum absolute atomic E-state index is 13.3. The number of anilines is 2. The number of nitrogens with one attached hydrogen (secondary N) is 1. The second-order valence-electron chi connectivity index (χ2n) is 4.82. The summed E-state index contributed by atoms with van der Waals surface area (Å²) in [5, 5.41) is 2.53. The van der Waals surface area contributed by atoms with E-state index in [1.165, 1.54) is 23.2 Å². The Labute approximate surface area is 138 Å². The first-order valence-electron chi connectivity index (χ1n) is 7.38. The summed E-state index contributed by atoms with van der Waals surface area (Å²) in [6, 6.07) is 3.81. The molecule has 0 saturated carbocycles. The highest BCUT2D eigenvalue weighted by Crippen LogP contribution is 2.30. The summed E-state index contributed by atoms with van der Waals surface area (Å²) < 4.78 is 23.0. The van der Waals surface area contributed by atoms with Crippen LogP contribution in [-0.2, 0) is 23.9 Å². The average Bonchev–Trinajstić information content (AvgIpc) is 2.52. The first-order valence-corrected chi connectivity index (χ1v) is 7.38. The van der Waals surface area contributed by atoms with Gasteiger partial charge in [-0.1, -0.05) is 0 Å². The maximum atomic E-state index is 13.3. The number of ether oxygens (including phenoxy) is 2. The molecule has 1 heterocycles. The molecular formula is C16H17FN2O5. The third-order valence-corrected chi connectivity index (χ3v) is 3.13. The molecule has 0 fully saturated rings. The number of carbonyl (C=O) groups is 3. The fourth-order valence-electron chi connectivity index (χ4n) is 2.17. The largest absolute Gasteiger partial charge is 0.462 e. The Balaban J connectivity index is 2.43. The Hall–Kier alpha value is -2.90. The lowest BCUT2D eigenvalue weighted by atomic mass is 10.2. The number of halogens is 1. The summed E-state index contributed by atoms with van der Waals surface area (Å²) in [6.07, 6.45) is 1.19. The lowest BCUT2D eigenvalue weighted by Gasteiger charge is -2.28. The maximum Gasteiger partial charge on any atom is 0.347 e. The molecule has 1 amide bonds. The van der Waals surface area contributed by atoms with E-state index in [9.17, 15) is 18.8 Å². The molecule has 1 aromatic rings. The van der Waals surface area contributed by atoms with Crippen LogP contribution in [-0.4, -0.2) is 37.6 Å². The van der Waals surface area contributed by atoms with Crippen molar-refractivity contribution in [1.82, 2.24) is 0 Å². The third-order valence-electron chi connectivity index (χ3n) is 3.13. The van der Waals surface area contributed by atoms with E-state index in [0.717, 1.165) is 6.07 Å². The second kappa shape index (κ2) is 7.58. The zero-order valence-corrected chi connectivity index (χ0v) is 13.3. The van der Waals surface area contributed by atoms with Crippen molar-refractivity contribution in [3.63, 3.8) is 0 Å². The van der Waals surface area contributed by atoms with Gasteiger partial charge in [0.25, 0.3) is 0 Å². The van der Waals surface area contributed by atoms with Crippen LogP contribution in [0.15, 0.2) is 30.0 Å². The molecule has 0 bridgehead atoms. The molecule has 0 saturated heterocycles. The van der Waals surface area contributed by atoms with Gasteiger partial charge >= 0.3 is 11.9 Å². The first kappa shape index (κ1) is 17.5. The van der Waals surface area contributed by atoms with Crippen LogP contribution < -0.4 is 10.2 Å². The van der Waals surface area contributed by atoms with Crippen molar-refractivity contribution in [2.45, 2.75) is 13.8 Å². The van der Waals surface area contributed by atoms with E-state index >= 15 is 0 Å². The van der Waals surface area contributed by atoms with Crippen LogP contribution in [0.5, 0.6) is 0 Å². The summed E-state index contributed by atoms with van der Waals surface area (Å²) >= 11 is 0. The van der Waals surface area contributed by atoms with Crippen LogP contribution in [0.3, 0.4) is 0 Å². The van der Waals surface area contributed by atoms with Gasteiger partial charge < -0.3 is 19.7 Å². The number of rotatable bonds is 5. The van der Waals surface area contributed by atoms with Gasteiger partial charge in [-0.15, -0.1) is 0 Å². The Kier molecular flexibility index (Phi) is 5.51. The Morgan fingerprint density at radius 1 is 1.25 bits per heavy atom. The Morgan fingerprint density at radius 2 is 1.88 bits per heavy atom. The van der Waals surface area contributed by atoms with Crippen molar-refractivity contribution in [3.8, 4) is 0 Å². The highest BCUT2D eigenvalue weighted by molar-refractivity contribution is 6.14. The minimum Gasteiger partial charge on any atom is -0.462 e. The lowest BCUT2D eigenvalue weighted by molar-refractivity contribution is -0.146. The molecule has 1 aromatic carbocycles. The van der Waals surface area contributed by atoms with Gasteiger partial charge in [-0.05, 0) is 32.0 Å². The number of esters is 2. The minimum atomic E-state index is -0.856. The molecular weight excluding hydrogens is 319 g/mol. The van der Waals surface area contributed by atoms with Crippen molar-refractivity contribution >= 4 is 29.2 Å². The van der Waals surface area contributed by atoms with Crippen LogP contribution in [0.25, 0.3) is 0 Å². The van der Waals surface area contributed by atoms with Crippen molar-refractivity contribution in [2.24, 2.45) is 0 Å². The smallest absolute Gasteiger partial charge is 0.347 e. The van der Waals surface area contributed by atoms with Crippen molar-refractivity contribution in [1.29, 1.82) is 0 Å². The van der Waals surface area contributed by atoms with Gasteiger partial charge in [0.15, 0.2) is 5.57 Å². The zero-order chi connectivity index (χ0) is 17.7. The molecule has 128 valence electrons. The molecule has 0 unspecified atom stereocenters. The Morgan fingerprint density at radius 3 is 2.46 bits per heavy atom. The number of benzene rings is 1. The number of nitrogens with zero attached hydrogens (tertiary/aromatic N) is 1. The monoisotopic (exact) mass is 336 g/mol. The van der Waals surface area contributed by atoms with Crippen LogP contribution in [0, 0.1) is 5.82 Å². The van der Waals surface area contributed by atoms with Crippen LogP contribution >= 0.6 is 0 Å². The van der Waals surface area contributed by atoms with Crippen molar-refractivity contribution in [2.75, 3.05) is 30.0 Å². The summed E-state index contributed by atoms with van der Waals surface area (Å²) in [6.45, 7) is 3.23. The van der Waals surface area contributed by atoms with Gasteiger partial charge in [-0.3, -0.25) is 4.79 Å². The van der Waals surface area contributed by atoms with Crippen molar-refractivity contribution < 1.29 is 28.2 Å². The Bertz CT molecular complexity index is 682. The van der Waals surface area contributed by atoms with Gasteiger partial charge in [0, 0.05) is 6.20 Å². The fraction of sp³-hybridized carbons (Fsp3) is 0.312. The van der Waals surface area contributed by atoms with Gasteiger partial charge in [0.1, 0.15) is 12.4 Å². The van der Waals surface area contributed by atoms with E-state index in [2.05, 4.69) is 5.32 Å². The van der Waals surface area contributed by atoms with E-state index < -0.39 is 23.7 Å². The summed E-state index contributed by atoms with van der Waals surface area (Å²) in [4.78, 5) is 37.2. The zero-order valence-electron chi connectivity index (χ0n) is 13.3. The first-order chi connectivity index (χ1) is 11.5. The van der Waals surface area contributed by atoms with Gasteiger partial charge in [-0.2, -0.15) is 0 Å². The second-order valence-corrected chi connectivity index (χ2v) is 4.82. The molecule has 1 aliphatic rings.